The third-order valence-corrected chi connectivity index (χ3v) is 4.56. The fourth-order valence-corrected chi connectivity index (χ4v) is 2.84. The van der Waals surface area contributed by atoms with Gasteiger partial charge in [0.15, 0.2) is 5.78 Å². The lowest BCUT2D eigenvalue weighted by molar-refractivity contribution is 0.101. The minimum Gasteiger partial charge on any atom is -0.383 e. The molecule has 0 aromatic heterocycles. The Morgan fingerprint density at radius 3 is 2.52 bits per heavy atom. The number of ketones is 1. The van der Waals surface area contributed by atoms with Crippen molar-refractivity contribution in [1.82, 2.24) is 0 Å². The highest BCUT2D eigenvalue weighted by Crippen LogP contribution is 2.48. The van der Waals surface area contributed by atoms with Gasteiger partial charge in [0.1, 0.15) is 0 Å². The van der Waals surface area contributed by atoms with Crippen LogP contribution in [-0.2, 0) is 5.41 Å². The number of nitrogens with one attached hydrogen (secondary N) is 1. The second-order valence-electron chi connectivity index (χ2n) is 5.75. The minimum atomic E-state index is 0.0545. The van der Waals surface area contributed by atoms with Gasteiger partial charge in [0.2, 0.25) is 0 Å². The largest absolute Gasteiger partial charge is 0.383 e. The van der Waals surface area contributed by atoms with Crippen molar-refractivity contribution in [2.45, 2.75) is 25.2 Å². The molecular formula is C18H18ClNO. The summed E-state index contributed by atoms with van der Waals surface area (Å²) in [6, 6.07) is 16.0. The normalized spacial score (nSPS) is 15.5. The Bertz CT molecular complexity index is 662. The summed E-state index contributed by atoms with van der Waals surface area (Å²) in [7, 11) is 0. The molecule has 0 saturated heterocycles. The predicted octanol–water partition coefficient (Wildman–Crippen LogP) is 4.69. The Labute approximate surface area is 130 Å². The molecule has 1 fully saturated rings. The minimum absolute atomic E-state index is 0.0545. The van der Waals surface area contributed by atoms with E-state index in [1.165, 1.54) is 18.4 Å². The van der Waals surface area contributed by atoms with E-state index in [9.17, 15) is 4.79 Å². The van der Waals surface area contributed by atoms with E-state index < -0.39 is 0 Å². The zero-order chi connectivity index (χ0) is 14.9. The maximum Gasteiger partial charge on any atom is 0.159 e. The van der Waals surface area contributed by atoms with Gasteiger partial charge in [0, 0.05) is 17.5 Å². The van der Waals surface area contributed by atoms with Crippen molar-refractivity contribution < 1.29 is 4.79 Å². The van der Waals surface area contributed by atoms with Crippen molar-refractivity contribution in [3.05, 3.63) is 64.7 Å². The van der Waals surface area contributed by atoms with Crippen LogP contribution in [0.1, 0.15) is 35.7 Å². The highest BCUT2D eigenvalue weighted by Gasteiger charge is 2.43. The van der Waals surface area contributed by atoms with Crippen LogP contribution in [-0.4, -0.2) is 12.3 Å². The smallest absolute Gasteiger partial charge is 0.159 e. The number of Topliss-reactive ketones (excluding diaryl/α,β-unsaturated/α-hetero) is 1. The Morgan fingerprint density at radius 1 is 1.19 bits per heavy atom. The number of halogens is 1. The molecule has 2 aromatic rings. The van der Waals surface area contributed by atoms with Crippen LogP contribution in [0.3, 0.4) is 0 Å². The molecule has 0 amide bonds. The lowest BCUT2D eigenvalue weighted by Gasteiger charge is -2.18. The maximum atomic E-state index is 11.5. The van der Waals surface area contributed by atoms with Crippen molar-refractivity contribution in [2.24, 2.45) is 0 Å². The van der Waals surface area contributed by atoms with Crippen molar-refractivity contribution >= 4 is 23.1 Å². The van der Waals surface area contributed by atoms with Gasteiger partial charge in [0.25, 0.3) is 0 Å². The van der Waals surface area contributed by atoms with E-state index in [0.29, 0.717) is 10.6 Å². The molecule has 0 atom stereocenters. The van der Waals surface area contributed by atoms with Gasteiger partial charge < -0.3 is 5.32 Å². The SMILES string of the molecule is CC(=O)c1ccc(Cl)c(NCC2(c3ccccc3)CC2)c1. The molecule has 3 rings (SSSR count). The quantitative estimate of drug-likeness (QED) is 0.812. The fourth-order valence-electron chi connectivity index (χ4n) is 2.65. The van der Waals surface area contributed by atoms with Crippen molar-refractivity contribution in [3.8, 4) is 0 Å². The van der Waals surface area contributed by atoms with Crippen LogP contribution in [0.4, 0.5) is 5.69 Å². The highest BCUT2D eigenvalue weighted by atomic mass is 35.5. The molecule has 21 heavy (non-hydrogen) atoms. The van der Waals surface area contributed by atoms with Gasteiger partial charge in [-0.15, -0.1) is 0 Å². The van der Waals surface area contributed by atoms with E-state index in [4.69, 9.17) is 11.6 Å². The zero-order valence-corrected chi connectivity index (χ0v) is 12.8. The second kappa shape index (κ2) is 5.53. The number of carbonyl (C=O) groups excluding carboxylic acids is 1. The molecule has 3 heteroatoms. The Hall–Kier alpha value is -1.80. The van der Waals surface area contributed by atoms with Gasteiger partial charge in [-0.3, -0.25) is 4.79 Å². The number of benzene rings is 2. The van der Waals surface area contributed by atoms with Crippen molar-refractivity contribution in [2.75, 3.05) is 11.9 Å². The Morgan fingerprint density at radius 2 is 1.90 bits per heavy atom. The molecule has 2 nitrogen and oxygen atoms in total. The standard InChI is InChI=1S/C18H18ClNO/c1-13(21)14-7-8-16(19)17(11-14)20-12-18(9-10-18)15-5-3-2-4-6-15/h2-8,11,20H,9-10,12H2,1H3. The second-order valence-corrected chi connectivity index (χ2v) is 6.16. The molecule has 1 aliphatic carbocycles. The zero-order valence-electron chi connectivity index (χ0n) is 12.0. The molecule has 0 bridgehead atoms. The molecule has 108 valence electrons. The third kappa shape index (κ3) is 2.96. The molecule has 0 unspecified atom stereocenters. The number of hydrogen-bond acceptors (Lipinski definition) is 2. The maximum absolute atomic E-state index is 11.5. The van der Waals surface area contributed by atoms with Gasteiger partial charge in [-0.2, -0.15) is 0 Å². The monoisotopic (exact) mass is 299 g/mol. The first-order valence-electron chi connectivity index (χ1n) is 7.21. The summed E-state index contributed by atoms with van der Waals surface area (Å²) in [6.45, 7) is 2.41. The van der Waals surface area contributed by atoms with E-state index in [-0.39, 0.29) is 11.2 Å². The van der Waals surface area contributed by atoms with E-state index >= 15 is 0 Å². The molecule has 1 saturated carbocycles. The lowest BCUT2D eigenvalue weighted by Crippen LogP contribution is -2.19. The number of rotatable bonds is 5. The van der Waals surface area contributed by atoms with Gasteiger partial charge in [-0.25, -0.2) is 0 Å². The molecule has 2 aromatic carbocycles. The van der Waals surface area contributed by atoms with Crippen molar-refractivity contribution in [1.29, 1.82) is 0 Å². The summed E-state index contributed by atoms with van der Waals surface area (Å²) in [5.74, 6) is 0.0545. The molecule has 0 radical (unpaired) electrons. The summed E-state index contributed by atoms with van der Waals surface area (Å²) < 4.78 is 0. The van der Waals surface area contributed by atoms with Gasteiger partial charge in [0.05, 0.1) is 10.7 Å². The van der Waals surface area contributed by atoms with Gasteiger partial charge in [-0.05, 0) is 43.5 Å². The van der Waals surface area contributed by atoms with Crippen LogP contribution >= 0.6 is 11.6 Å². The van der Waals surface area contributed by atoms with E-state index in [1.54, 1.807) is 19.1 Å². The number of hydrogen-bond donors (Lipinski definition) is 1. The summed E-state index contributed by atoms with van der Waals surface area (Å²) in [4.78, 5) is 11.5. The van der Waals surface area contributed by atoms with E-state index in [2.05, 4.69) is 29.6 Å². The summed E-state index contributed by atoms with van der Waals surface area (Å²) in [6.07, 6.45) is 2.38. The van der Waals surface area contributed by atoms with Crippen LogP contribution in [0, 0.1) is 0 Å². The first-order valence-corrected chi connectivity index (χ1v) is 7.58. The molecule has 0 spiro atoms. The molecule has 0 aliphatic heterocycles. The highest BCUT2D eigenvalue weighted by molar-refractivity contribution is 6.33. The summed E-state index contributed by atoms with van der Waals surface area (Å²) in [5, 5.41) is 4.08. The molecule has 1 aliphatic rings. The first-order chi connectivity index (χ1) is 10.1. The fraction of sp³-hybridized carbons (Fsp3) is 0.278. The first kappa shape index (κ1) is 14.2. The topological polar surface area (TPSA) is 29.1 Å². The average molecular weight is 300 g/mol. The Kier molecular flexibility index (Phi) is 3.73. The lowest BCUT2D eigenvalue weighted by atomic mass is 9.96. The van der Waals surface area contributed by atoms with Crippen LogP contribution in [0.2, 0.25) is 5.02 Å². The summed E-state index contributed by atoms with van der Waals surface area (Å²) in [5.41, 5.74) is 3.12. The summed E-state index contributed by atoms with van der Waals surface area (Å²) >= 11 is 6.22. The molecular weight excluding hydrogens is 282 g/mol. The average Bonchev–Trinajstić information content (AvgIpc) is 3.28. The predicted molar refractivity (Wildman–Crippen MR) is 87.3 cm³/mol. The Balaban J connectivity index is 1.76. The number of carbonyl (C=O) groups is 1. The van der Waals surface area contributed by atoms with E-state index in [1.807, 2.05) is 12.1 Å². The van der Waals surface area contributed by atoms with E-state index in [0.717, 1.165) is 12.2 Å². The molecule has 0 heterocycles. The van der Waals surface area contributed by atoms with Crippen LogP contribution in [0.15, 0.2) is 48.5 Å². The van der Waals surface area contributed by atoms with Gasteiger partial charge >= 0.3 is 0 Å². The number of anilines is 1. The van der Waals surface area contributed by atoms with Gasteiger partial charge in [-0.1, -0.05) is 41.9 Å². The van der Waals surface area contributed by atoms with Crippen LogP contribution in [0.25, 0.3) is 0 Å². The van der Waals surface area contributed by atoms with Crippen LogP contribution < -0.4 is 5.32 Å². The van der Waals surface area contributed by atoms with Crippen LogP contribution in [0.5, 0.6) is 0 Å². The van der Waals surface area contributed by atoms with Crippen molar-refractivity contribution in [3.63, 3.8) is 0 Å². The molecule has 1 N–H and O–H groups in total. The third-order valence-electron chi connectivity index (χ3n) is 4.23.